The molecular formula is C25H21NO4. The Balaban J connectivity index is 1.89. The Bertz CT molecular complexity index is 1080. The maximum absolute atomic E-state index is 13.4. The molecule has 3 aromatic rings. The van der Waals surface area contributed by atoms with Crippen LogP contribution >= 0.6 is 0 Å². The quantitative estimate of drug-likeness (QED) is 0.489. The second-order valence-corrected chi connectivity index (χ2v) is 7.19. The summed E-state index contributed by atoms with van der Waals surface area (Å²) in [6, 6.07) is 25.2. The molecule has 150 valence electrons. The zero-order valence-corrected chi connectivity index (χ0v) is 16.2. The fourth-order valence-corrected chi connectivity index (χ4v) is 3.94. The average Bonchev–Trinajstić information content (AvgIpc) is 3.01. The van der Waals surface area contributed by atoms with Crippen LogP contribution in [0.4, 0.5) is 0 Å². The SMILES string of the molecule is O=CC1C(O)=C(C(=O)c2ccccc2)C(O)(c2ccccc2)N1Cc1ccccc1. The summed E-state index contributed by atoms with van der Waals surface area (Å²) < 4.78 is 0. The van der Waals surface area contributed by atoms with Gasteiger partial charge in [0.2, 0.25) is 0 Å². The van der Waals surface area contributed by atoms with Crippen molar-refractivity contribution in [3.05, 3.63) is 119 Å². The molecule has 0 aromatic heterocycles. The lowest BCUT2D eigenvalue weighted by Crippen LogP contribution is -2.48. The molecule has 5 nitrogen and oxygen atoms in total. The van der Waals surface area contributed by atoms with E-state index < -0.39 is 23.3 Å². The van der Waals surface area contributed by atoms with Gasteiger partial charge < -0.3 is 15.0 Å². The molecular weight excluding hydrogens is 378 g/mol. The second-order valence-electron chi connectivity index (χ2n) is 7.19. The predicted molar refractivity (Wildman–Crippen MR) is 113 cm³/mol. The van der Waals surface area contributed by atoms with E-state index in [1.165, 1.54) is 4.90 Å². The van der Waals surface area contributed by atoms with Crippen LogP contribution in [0.2, 0.25) is 0 Å². The third-order valence-corrected chi connectivity index (χ3v) is 5.40. The van der Waals surface area contributed by atoms with E-state index in [4.69, 9.17) is 0 Å². The summed E-state index contributed by atoms with van der Waals surface area (Å²) in [5, 5.41) is 22.9. The van der Waals surface area contributed by atoms with Gasteiger partial charge in [-0.3, -0.25) is 4.79 Å². The number of nitrogens with zero attached hydrogens (tertiary/aromatic N) is 1. The number of hydrogen-bond donors (Lipinski definition) is 2. The van der Waals surface area contributed by atoms with E-state index in [9.17, 15) is 19.8 Å². The average molecular weight is 399 g/mol. The normalized spacial score (nSPS) is 21.6. The molecule has 0 saturated carbocycles. The van der Waals surface area contributed by atoms with E-state index >= 15 is 0 Å². The van der Waals surface area contributed by atoms with Gasteiger partial charge in [0.1, 0.15) is 18.1 Å². The third-order valence-electron chi connectivity index (χ3n) is 5.40. The Hall–Kier alpha value is -3.54. The van der Waals surface area contributed by atoms with Crippen LogP contribution in [0.15, 0.2) is 102 Å². The van der Waals surface area contributed by atoms with E-state index in [-0.39, 0.29) is 12.1 Å². The molecule has 0 spiro atoms. The van der Waals surface area contributed by atoms with Crippen LogP contribution in [0.1, 0.15) is 21.5 Å². The fraction of sp³-hybridized carbons (Fsp3) is 0.120. The van der Waals surface area contributed by atoms with Crippen molar-refractivity contribution in [2.24, 2.45) is 0 Å². The highest BCUT2D eigenvalue weighted by atomic mass is 16.3. The molecule has 0 saturated heterocycles. The summed E-state index contributed by atoms with van der Waals surface area (Å²) in [6.07, 6.45) is 0.553. The molecule has 2 atom stereocenters. The van der Waals surface area contributed by atoms with Crippen LogP contribution in [0.25, 0.3) is 0 Å². The third kappa shape index (κ3) is 3.24. The summed E-state index contributed by atoms with van der Waals surface area (Å²) in [5.41, 5.74) is -0.622. The van der Waals surface area contributed by atoms with Crippen molar-refractivity contribution in [3.63, 3.8) is 0 Å². The van der Waals surface area contributed by atoms with Gasteiger partial charge >= 0.3 is 0 Å². The zero-order valence-electron chi connectivity index (χ0n) is 16.2. The number of aliphatic hydroxyl groups is 2. The first-order chi connectivity index (χ1) is 14.6. The van der Waals surface area contributed by atoms with Crippen molar-refractivity contribution in [1.82, 2.24) is 4.90 Å². The minimum Gasteiger partial charge on any atom is -0.510 e. The van der Waals surface area contributed by atoms with Crippen molar-refractivity contribution in [2.45, 2.75) is 18.3 Å². The van der Waals surface area contributed by atoms with Crippen LogP contribution in [0.5, 0.6) is 0 Å². The number of Topliss-reactive ketones (excluding diaryl/α,β-unsaturated/α-hetero) is 1. The maximum Gasteiger partial charge on any atom is 0.197 e. The van der Waals surface area contributed by atoms with Crippen molar-refractivity contribution in [3.8, 4) is 0 Å². The lowest BCUT2D eigenvalue weighted by atomic mass is 9.89. The van der Waals surface area contributed by atoms with E-state index in [1.807, 2.05) is 30.3 Å². The molecule has 0 amide bonds. The highest BCUT2D eigenvalue weighted by Crippen LogP contribution is 2.45. The van der Waals surface area contributed by atoms with Gasteiger partial charge in [-0.1, -0.05) is 91.0 Å². The summed E-state index contributed by atoms with van der Waals surface area (Å²) in [4.78, 5) is 26.8. The number of carbonyl (C=O) groups is 2. The summed E-state index contributed by atoms with van der Waals surface area (Å²) in [7, 11) is 0. The van der Waals surface area contributed by atoms with Gasteiger partial charge in [-0.05, 0) is 5.56 Å². The minimum absolute atomic E-state index is 0.158. The summed E-state index contributed by atoms with van der Waals surface area (Å²) in [6.45, 7) is 0.158. The van der Waals surface area contributed by atoms with Gasteiger partial charge in [-0.15, -0.1) is 0 Å². The molecule has 2 N–H and O–H groups in total. The summed E-state index contributed by atoms with van der Waals surface area (Å²) in [5.74, 6) is -0.956. The Kier molecular flexibility index (Phi) is 5.31. The smallest absolute Gasteiger partial charge is 0.197 e. The van der Waals surface area contributed by atoms with E-state index in [1.54, 1.807) is 60.7 Å². The van der Waals surface area contributed by atoms with Crippen molar-refractivity contribution >= 4 is 12.1 Å². The Morgan fingerprint density at radius 2 is 1.43 bits per heavy atom. The molecule has 3 aromatic carbocycles. The lowest BCUT2D eigenvalue weighted by Gasteiger charge is -2.37. The van der Waals surface area contributed by atoms with Crippen molar-refractivity contribution in [2.75, 3.05) is 0 Å². The zero-order chi connectivity index (χ0) is 21.1. The number of ketones is 1. The molecule has 0 aliphatic carbocycles. The molecule has 30 heavy (non-hydrogen) atoms. The van der Waals surface area contributed by atoms with Gasteiger partial charge in [0.15, 0.2) is 11.5 Å². The molecule has 0 bridgehead atoms. The van der Waals surface area contributed by atoms with Gasteiger partial charge in [-0.2, -0.15) is 0 Å². The van der Waals surface area contributed by atoms with E-state index in [2.05, 4.69) is 0 Å². The van der Waals surface area contributed by atoms with E-state index in [0.717, 1.165) is 5.56 Å². The Labute approximate surface area is 174 Å². The van der Waals surface area contributed by atoms with Crippen LogP contribution < -0.4 is 0 Å². The largest absolute Gasteiger partial charge is 0.510 e. The standard InChI is InChI=1S/C25H21NO4/c27-17-21-24(29)22(23(28)19-12-6-2-7-13-19)25(30,20-14-8-3-9-15-20)26(21)16-18-10-4-1-5-11-18/h1-15,17,21,29-30H,16H2. The first-order valence-corrected chi connectivity index (χ1v) is 9.64. The van der Waals surface area contributed by atoms with Gasteiger partial charge in [0.25, 0.3) is 0 Å². The highest BCUT2D eigenvalue weighted by Gasteiger charge is 2.55. The molecule has 1 heterocycles. The van der Waals surface area contributed by atoms with Crippen molar-refractivity contribution < 1.29 is 19.8 Å². The number of benzene rings is 3. The number of rotatable bonds is 6. The lowest BCUT2D eigenvalue weighted by molar-refractivity contribution is -0.124. The first kappa shape index (κ1) is 19.8. The topological polar surface area (TPSA) is 77.8 Å². The molecule has 1 aliphatic heterocycles. The molecule has 5 heteroatoms. The Morgan fingerprint density at radius 3 is 2.00 bits per heavy atom. The number of hydrogen-bond acceptors (Lipinski definition) is 5. The molecule has 0 fully saturated rings. The van der Waals surface area contributed by atoms with E-state index in [0.29, 0.717) is 17.4 Å². The monoisotopic (exact) mass is 399 g/mol. The van der Waals surface area contributed by atoms with Gasteiger partial charge in [-0.25, -0.2) is 4.90 Å². The van der Waals surface area contributed by atoms with Crippen LogP contribution in [-0.4, -0.2) is 33.2 Å². The van der Waals surface area contributed by atoms with Gasteiger partial charge in [0, 0.05) is 17.7 Å². The first-order valence-electron chi connectivity index (χ1n) is 9.64. The predicted octanol–water partition coefficient (Wildman–Crippen LogP) is 3.61. The van der Waals surface area contributed by atoms with Crippen LogP contribution in [0.3, 0.4) is 0 Å². The molecule has 1 aliphatic rings. The fourth-order valence-electron chi connectivity index (χ4n) is 3.94. The number of aliphatic hydroxyl groups excluding tert-OH is 1. The van der Waals surface area contributed by atoms with Crippen molar-refractivity contribution in [1.29, 1.82) is 0 Å². The second kappa shape index (κ2) is 8.06. The minimum atomic E-state index is -1.97. The molecule has 2 unspecified atom stereocenters. The summed E-state index contributed by atoms with van der Waals surface area (Å²) >= 11 is 0. The number of aldehydes is 1. The Morgan fingerprint density at radius 1 is 0.900 bits per heavy atom. The maximum atomic E-state index is 13.4. The molecule has 4 rings (SSSR count). The van der Waals surface area contributed by atoms with Crippen LogP contribution in [0, 0.1) is 0 Å². The molecule has 0 radical (unpaired) electrons. The van der Waals surface area contributed by atoms with Gasteiger partial charge in [0.05, 0.1) is 5.57 Å². The highest BCUT2D eigenvalue weighted by molar-refractivity contribution is 6.11. The number of carbonyl (C=O) groups excluding carboxylic acids is 2. The van der Waals surface area contributed by atoms with Crippen LogP contribution in [-0.2, 0) is 17.1 Å².